The molecule has 1 aromatic heterocycles. The Morgan fingerprint density at radius 1 is 1.00 bits per heavy atom. The Morgan fingerprint density at radius 3 is 2.32 bits per heavy atom. The Morgan fingerprint density at radius 2 is 1.71 bits per heavy atom. The van der Waals surface area contributed by atoms with Crippen molar-refractivity contribution < 1.29 is 9.59 Å². The Balaban J connectivity index is 1.87. The second-order valence-electron chi connectivity index (χ2n) is 8.22. The fraction of sp³-hybridized carbons (Fsp3) is 0.308. The van der Waals surface area contributed by atoms with Crippen LogP contribution in [0.25, 0.3) is 0 Å². The summed E-state index contributed by atoms with van der Waals surface area (Å²) in [6.45, 7) is 12.7. The second kappa shape index (κ2) is 10.8. The van der Waals surface area contributed by atoms with Gasteiger partial charge in [-0.2, -0.15) is 5.10 Å². The van der Waals surface area contributed by atoms with Crippen molar-refractivity contribution in [3.63, 3.8) is 0 Å². The molecule has 34 heavy (non-hydrogen) atoms. The number of rotatable bonds is 6. The van der Waals surface area contributed by atoms with Gasteiger partial charge in [0, 0.05) is 41.7 Å². The van der Waals surface area contributed by atoms with Gasteiger partial charge in [0.2, 0.25) is 11.9 Å². The minimum absolute atomic E-state index is 0.165. The average molecular weight is 461 g/mol. The third kappa shape index (κ3) is 5.89. The monoisotopic (exact) mass is 460 g/mol. The molecular formula is C26H32N6O2. The Bertz CT molecular complexity index is 1220. The normalized spacial score (nSPS) is 11.3. The number of nitrogens with one attached hydrogen (secondary N) is 3. The van der Waals surface area contributed by atoms with Crippen LogP contribution in [-0.2, 0) is 17.9 Å². The zero-order valence-corrected chi connectivity index (χ0v) is 20.6. The van der Waals surface area contributed by atoms with E-state index in [-0.39, 0.29) is 11.8 Å². The second-order valence-corrected chi connectivity index (χ2v) is 8.22. The first-order chi connectivity index (χ1) is 16.2. The fourth-order valence-corrected chi connectivity index (χ4v) is 3.64. The lowest BCUT2D eigenvalue weighted by atomic mass is 10.1. The van der Waals surface area contributed by atoms with E-state index < -0.39 is 0 Å². The minimum Gasteiger partial charge on any atom is -0.326 e. The summed E-state index contributed by atoms with van der Waals surface area (Å²) in [5.41, 5.74) is 7.20. The van der Waals surface area contributed by atoms with Gasteiger partial charge >= 0.3 is 0 Å². The summed E-state index contributed by atoms with van der Waals surface area (Å²) in [5, 5.41) is 13.5. The number of amides is 2. The maximum atomic E-state index is 13.0. The first-order valence-corrected chi connectivity index (χ1v) is 11.3. The van der Waals surface area contributed by atoms with Gasteiger partial charge in [-0.25, -0.2) is 4.99 Å². The average Bonchev–Trinajstić information content (AvgIpc) is 3.07. The van der Waals surface area contributed by atoms with Gasteiger partial charge in [-0.1, -0.05) is 12.1 Å². The molecule has 8 heteroatoms. The zero-order chi connectivity index (χ0) is 24.8. The van der Waals surface area contributed by atoms with E-state index in [1.165, 1.54) is 6.92 Å². The van der Waals surface area contributed by atoms with Crippen molar-refractivity contribution in [2.75, 3.05) is 10.6 Å². The van der Waals surface area contributed by atoms with Gasteiger partial charge in [0.1, 0.15) is 0 Å². The van der Waals surface area contributed by atoms with Gasteiger partial charge in [-0.05, 0) is 76.1 Å². The van der Waals surface area contributed by atoms with Crippen molar-refractivity contribution in [1.29, 1.82) is 0 Å². The van der Waals surface area contributed by atoms with Crippen molar-refractivity contribution in [3.05, 3.63) is 76.1 Å². The van der Waals surface area contributed by atoms with Gasteiger partial charge in [0.05, 0.1) is 12.2 Å². The molecule has 0 saturated heterocycles. The van der Waals surface area contributed by atoms with E-state index in [1.807, 2.05) is 50.6 Å². The molecule has 1 heterocycles. The van der Waals surface area contributed by atoms with E-state index in [0.29, 0.717) is 23.8 Å². The predicted molar refractivity (Wildman–Crippen MR) is 136 cm³/mol. The number of hydrogen-bond acceptors (Lipinski definition) is 4. The quantitative estimate of drug-likeness (QED) is 0.373. The molecule has 0 unspecified atom stereocenters. The number of nitrogens with zero attached hydrogens (tertiary/aromatic N) is 3. The highest BCUT2D eigenvalue weighted by atomic mass is 16.2. The lowest BCUT2D eigenvalue weighted by Crippen LogP contribution is -2.36. The van der Waals surface area contributed by atoms with Crippen molar-refractivity contribution in [3.8, 4) is 0 Å². The van der Waals surface area contributed by atoms with Crippen LogP contribution in [0.15, 0.2) is 47.5 Å². The van der Waals surface area contributed by atoms with Gasteiger partial charge in [0.25, 0.3) is 5.91 Å². The predicted octanol–water partition coefficient (Wildman–Crippen LogP) is 4.49. The Labute approximate surface area is 200 Å². The van der Waals surface area contributed by atoms with E-state index in [9.17, 15) is 9.59 Å². The largest absolute Gasteiger partial charge is 0.326 e. The summed E-state index contributed by atoms with van der Waals surface area (Å²) in [7, 11) is 0. The summed E-state index contributed by atoms with van der Waals surface area (Å²) in [5.74, 6) is -0.113. The molecule has 0 spiro atoms. The topological polar surface area (TPSA) is 100 Å². The van der Waals surface area contributed by atoms with Crippen LogP contribution in [0.4, 0.5) is 11.4 Å². The molecule has 0 bridgehead atoms. The number of carbonyl (C=O) groups excluding carboxylic acids is 2. The molecule has 0 aliphatic carbocycles. The summed E-state index contributed by atoms with van der Waals surface area (Å²) >= 11 is 0. The summed E-state index contributed by atoms with van der Waals surface area (Å²) < 4.78 is 1.95. The molecule has 2 amide bonds. The van der Waals surface area contributed by atoms with Crippen molar-refractivity contribution in [2.24, 2.45) is 4.99 Å². The molecule has 0 aliphatic heterocycles. The molecule has 0 aliphatic rings. The molecule has 0 atom stereocenters. The molecule has 8 nitrogen and oxygen atoms in total. The number of aliphatic imine (C=N–C) groups is 1. The molecule has 0 radical (unpaired) electrons. The molecule has 0 fully saturated rings. The molecule has 3 N–H and O–H groups in total. The van der Waals surface area contributed by atoms with Gasteiger partial charge in [-0.3, -0.25) is 19.6 Å². The Hall–Kier alpha value is -3.94. The third-order valence-electron chi connectivity index (χ3n) is 5.78. The lowest BCUT2D eigenvalue weighted by molar-refractivity contribution is -0.114. The molecule has 0 saturated carbocycles. The molecular weight excluding hydrogens is 428 g/mol. The maximum Gasteiger partial charge on any atom is 0.257 e. The minimum atomic E-state index is -0.302. The van der Waals surface area contributed by atoms with Crippen LogP contribution in [0.3, 0.4) is 0 Å². The van der Waals surface area contributed by atoms with Crippen LogP contribution in [0.2, 0.25) is 0 Å². The van der Waals surface area contributed by atoms with Crippen LogP contribution in [0.5, 0.6) is 0 Å². The molecule has 3 rings (SSSR count). The van der Waals surface area contributed by atoms with Crippen molar-refractivity contribution in [2.45, 2.75) is 54.6 Å². The first kappa shape index (κ1) is 24.7. The van der Waals surface area contributed by atoms with E-state index in [4.69, 9.17) is 4.99 Å². The number of guanidine groups is 1. The molecule has 178 valence electrons. The van der Waals surface area contributed by atoms with Crippen LogP contribution >= 0.6 is 0 Å². The Kier molecular flexibility index (Phi) is 7.83. The number of benzene rings is 2. The summed E-state index contributed by atoms with van der Waals surface area (Å²) in [6, 6.07) is 12.7. The molecule has 3 aromatic rings. The number of hydrogen-bond donors (Lipinski definition) is 3. The summed E-state index contributed by atoms with van der Waals surface area (Å²) in [4.78, 5) is 28.9. The van der Waals surface area contributed by atoms with Crippen LogP contribution in [0.1, 0.15) is 52.3 Å². The number of aromatic nitrogens is 2. The summed E-state index contributed by atoms with van der Waals surface area (Å²) in [6.07, 6.45) is 0. The number of aryl methyl sites for hydroxylation is 3. The van der Waals surface area contributed by atoms with E-state index in [2.05, 4.69) is 28.0 Å². The van der Waals surface area contributed by atoms with Crippen molar-refractivity contribution in [1.82, 2.24) is 15.1 Å². The van der Waals surface area contributed by atoms with Crippen LogP contribution < -0.4 is 16.0 Å². The van der Waals surface area contributed by atoms with E-state index >= 15 is 0 Å². The maximum absolute atomic E-state index is 13.0. The lowest BCUT2D eigenvalue weighted by Gasteiger charge is -2.15. The van der Waals surface area contributed by atoms with E-state index in [0.717, 1.165) is 40.3 Å². The highest BCUT2D eigenvalue weighted by molar-refractivity contribution is 6.10. The highest BCUT2D eigenvalue weighted by Gasteiger charge is 2.14. The van der Waals surface area contributed by atoms with Crippen LogP contribution in [-0.4, -0.2) is 27.6 Å². The fourth-order valence-electron chi connectivity index (χ4n) is 3.64. The van der Waals surface area contributed by atoms with Gasteiger partial charge in [-0.15, -0.1) is 0 Å². The smallest absolute Gasteiger partial charge is 0.257 e. The zero-order valence-electron chi connectivity index (χ0n) is 20.6. The van der Waals surface area contributed by atoms with Crippen LogP contribution in [0, 0.1) is 27.7 Å². The van der Waals surface area contributed by atoms with Gasteiger partial charge in [0.15, 0.2) is 0 Å². The standard InChI is InChI=1S/C26H32N6O2/c1-7-32-19(5)23(18(4)31-32)15-27-26(29-24-10-8-9-16(2)17(24)3)30-25(34)21-11-13-22(14-12-21)28-20(6)33/h8-14H,7,15H2,1-6H3,(H,28,33)(H2,27,29,30,34). The highest BCUT2D eigenvalue weighted by Crippen LogP contribution is 2.19. The number of anilines is 2. The van der Waals surface area contributed by atoms with Gasteiger partial charge < -0.3 is 10.6 Å². The molecule has 2 aromatic carbocycles. The first-order valence-electron chi connectivity index (χ1n) is 11.3. The van der Waals surface area contributed by atoms with Crippen molar-refractivity contribution >= 4 is 29.1 Å². The third-order valence-corrected chi connectivity index (χ3v) is 5.78. The number of carbonyl (C=O) groups is 2. The van der Waals surface area contributed by atoms with E-state index in [1.54, 1.807) is 24.3 Å². The SMILES string of the molecule is CCn1nc(C)c(CN=C(NC(=O)c2ccc(NC(C)=O)cc2)Nc2cccc(C)c2C)c1C.